The molecule has 0 saturated heterocycles. The van der Waals surface area contributed by atoms with Crippen LogP contribution in [0.1, 0.15) is 32.1 Å². The van der Waals surface area contributed by atoms with E-state index in [1.54, 1.807) is 0 Å². The molecule has 4 heteroatoms. The number of halogens is 2. The van der Waals surface area contributed by atoms with Crippen molar-refractivity contribution in [3.05, 3.63) is 0 Å². The number of hydrogen-bond donors (Lipinski definition) is 0. The second-order valence-electron chi connectivity index (χ2n) is 3.53. The zero-order valence-electron chi connectivity index (χ0n) is 7.69. The molecule has 13 heavy (non-hydrogen) atoms. The lowest BCUT2D eigenvalue weighted by atomic mass is 10.1. The quantitative estimate of drug-likeness (QED) is 0.625. The zero-order chi connectivity index (χ0) is 9.90. The standard InChI is InChI=1S/C9H14F2O2/c1-13-8(12)9(10,11)6-2-3-7-4-5-7/h7H,2-6H2,1H3. The van der Waals surface area contributed by atoms with Crippen LogP contribution in [-0.4, -0.2) is 19.0 Å². The maximum atomic E-state index is 12.8. The van der Waals surface area contributed by atoms with Gasteiger partial charge in [0, 0.05) is 6.42 Å². The molecule has 0 heterocycles. The van der Waals surface area contributed by atoms with Crippen LogP contribution in [0.4, 0.5) is 8.78 Å². The van der Waals surface area contributed by atoms with Crippen molar-refractivity contribution in [3.8, 4) is 0 Å². The summed E-state index contributed by atoms with van der Waals surface area (Å²) in [7, 11) is 0.983. The van der Waals surface area contributed by atoms with Gasteiger partial charge < -0.3 is 4.74 Å². The highest BCUT2D eigenvalue weighted by molar-refractivity contribution is 5.77. The number of alkyl halides is 2. The van der Waals surface area contributed by atoms with Gasteiger partial charge in [-0.25, -0.2) is 4.79 Å². The van der Waals surface area contributed by atoms with Crippen LogP contribution in [0.3, 0.4) is 0 Å². The Balaban J connectivity index is 2.19. The Hall–Kier alpha value is -0.670. The molecule has 1 rings (SSSR count). The van der Waals surface area contributed by atoms with Crippen molar-refractivity contribution < 1.29 is 18.3 Å². The molecular formula is C9H14F2O2. The minimum atomic E-state index is -3.29. The fourth-order valence-electron chi connectivity index (χ4n) is 1.27. The summed E-state index contributed by atoms with van der Waals surface area (Å²) in [6.07, 6.45) is 3.16. The van der Waals surface area contributed by atoms with Gasteiger partial charge in [0.25, 0.3) is 0 Å². The Morgan fingerprint density at radius 3 is 2.62 bits per heavy atom. The third-order valence-electron chi connectivity index (χ3n) is 2.28. The third kappa shape index (κ3) is 3.28. The van der Waals surface area contributed by atoms with E-state index in [0.29, 0.717) is 12.3 Å². The number of hydrogen-bond acceptors (Lipinski definition) is 2. The van der Waals surface area contributed by atoms with E-state index in [-0.39, 0.29) is 6.42 Å². The summed E-state index contributed by atoms with van der Waals surface area (Å²) in [6.45, 7) is 0. The summed E-state index contributed by atoms with van der Waals surface area (Å²) in [5, 5.41) is 0. The molecule has 0 aliphatic heterocycles. The van der Waals surface area contributed by atoms with Crippen LogP contribution in [0.25, 0.3) is 0 Å². The first-order valence-corrected chi connectivity index (χ1v) is 4.52. The molecular weight excluding hydrogens is 178 g/mol. The molecule has 0 amide bonds. The first-order valence-electron chi connectivity index (χ1n) is 4.52. The zero-order valence-corrected chi connectivity index (χ0v) is 7.69. The molecule has 0 bridgehead atoms. The first kappa shape index (κ1) is 10.4. The molecule has 0 unspecified atom stereocenters. The van der Waals surface area contributed by atoms with Crippen LogP contribution in [-0.2, 0) is 9.53 Å². The van der Waals surface area contributed by atoms with Gasteiger partial charge in [-0.15, -0.1) is 0 Å². The number of esters is 1. The summed E-state index contributed by atoms with van der Waals surface area (Å²) < 4.78 is 29.6. The lowest BCUT2D eigenvalue weighted by Gasteiger charge is -2.12. The summed E-state index contributed by atoms with van der Waals surface area (Å²) >= 11 is 0. The molecule has 1 aliphatic rings. The minimum absolute atomic E-state index is 0.379. The van der Waals surface area contributed by atoms with Gasteiger partial charge in [-0.3, -0.25) is 0 Å². The van der Waals surface area contributed by atoms with Gasteiger partial charge >= 0.3 is 11.9 Å². The van der Waals surface area contributed by atoms with Gasteiger partial charge in [-0.2, -0.15) is 8.78 Å². The predicted molar refractivity (Wildman–Crippen MR) is 43.5 cm³/mol. The smallest absolute Gasteiger partial charge is 0.376 e. The number of methoxy groups -OCH3 is 1. The topological polar surface area (TPSA) is 26.3 Å². The normalized spacial score (nSPS) is 17.2. The van der Waals surface area contributed by atoms with Crippen molar-refractivity contribution in [3.63, 3.8) is 0 Å². The number of carbonyl (C=O) groups excluding carboxylic acids is 1. The highest BCUT2D eigenvalue weighted by atomic mass is 19.3. The van der Waals surface area contributed by atoms with Gasteiger partial charge in [0.1, 0.15) is 0 Å². The summed E-state index contributed by atoms with van der Waals surface area (Å²) in [4.78, 5) is 10.6. The fourth-order valence-corrected chi connectivity index (χ4v) is 1.27. The van der Waals surface area contributed by atoms with Crippen molar-refractivity contribution in [1.82, 2.24) is 0 Å². The molecule has 0 spiro atoms. The molecule has 0 aromatic rings. The van der Waals surface area contributed by atoms with Gasteiger partial charge in [-0.05, 0) is 12.3 Å². The molecule has 1 aliphatic carbocycles. The summed E-state index contributed by atoms with van der Waals surface area (Å²) in [5.41, 5.74) is 0. The van der Waals surface area contributed by atoms with E-state index in [1.165, 1.54) is 0 Å². The van der Waals surface area contributed by atoms with E-state index in [9.17, 15) is 13.6 Å². The summed E-state index contributed by atoms with van der Waals surface area (Å²) in [5.74, 6) is -4.07. The molecule has 0 aromatic heterocycles. The van der Waals surface area contributed by atoms with Crippen molar-refractivity contribution in [1.29, 1.82) is 0 Å². The molecule has 2 nitrogen and oxygen atoms in total. The van der Waals surface area contributed by atoms with Crippen LogP contribution in [0.2, 0.25) is 0 Å². The van der Waals surface area contributed by atoms with Crippen molar-refractivity contribution >= 4 is 5.97 Å². The van der Waals surface area contributed by atoms with E-state index < -0.39 is 11.9 Å². The minimum Gasteiger partial charge on any atom is -0.465 e. The van der Waals surface area contributed by atoms with E-state index in [0.717, 1.165) is 26.4 Å². The van der Waals surface area contributed by atoms with E-state index in [4.69, 9.17) is 0 Å². The van der Waals surface area contributed by atoms with Gasteiger partial charge in [-0.1, -0.05) is 19.3 Å². The Morgan fingerprint density at radius 1 is 1.54 bits per heavy atom. The highest BCUT2D eigenvalue weighted by Gasteiger charge is 2.39. The van der Waals surface area contributed by atoms with Crippen LogP contribution in [0.5, 0.6) is 0 Å². The SMILES string of the molecule is COC(=O)C(F)(F)CCCC1CC1. The molecule has 1 saturated carbocycles. The molecule has 0 radical (unpaired) electrons. The molecule has 76 valence electrons. The average molecular weight is 192 g/mol. The molecule has 0 atom stereocenters. The van der Waals surface area contributed by atoms with Gasteiger partial charge in [0.15, 0.2) is 0 Å². The van der Waals surface area contributed by atoms with Crippen LogP contribution >= 0.6 is 0 Å². The number of rotatable bonds is 5. The largest absolute Gasteiger partial charge is 0.465 e. The Labute approximate surface area is 76.3 Å². The van der Waals surface area contributed by atoms with Crippen LogP contribution in [0, 0.1) is 5.92 Å². The molecule has 0 aromatic carbocycles. The first-order chi connectivity index (χ1) is 6.06. The van der Waals surface area contributed by atoms with Gasteiger partial charge in [0.2, 0.25) is 0 Å². The number of carbonyl (C=O) groups is 1. The summed E-state index contributed by atoms with van der Waals surface area (Å²) in [6, 6.07) is 0. The van der Waals surface area contributed by atoms with Gasteiger partial charge in [0.05, 0.1) is 7.11 Å². The molecule has 0 N–H and O–H groups in total. The maximum Gasteiger partial charge on any atom is 0.376 e. The second kappa shape index (κ2) is 4.03. The van der Waals surface area contributed by atoms with Crippen molar-refractivity contribution in [2.45, 2.75) is 38.0 Å². The van der Waals surface area contributed by atoms with Crippen molar-refractivity contribution in [2.24, 2.45) is 5.92 Å². The monoisotopic (exact) mass is 192 g/mol. The predicted octanol–water partition coefficient (Wildman–Crippen LogP) is 2.38. The van der Waals surface area contributed by atoms with Crippen molar-refractivity contribution in [2.75, 3.05) is 7.11 Å². The number of ether oxygens (including phenoxy) is 1. The third-order valence-corrected chi connectivity index (χ3v) is 2.28. The lowest BCUT2D eigenvalue weighted by molar-refractivity contribution is -0.169. The van der Waals surface area contributed by atoms with E-state index in [2.05, 4.69) is 4.74 Å². The maximum absolute atomic E-state index is 12.8. The Morgan fingerprint density at radius 2 is 2.15 bits per heavy atom. The second-order valence-corrected chi connectivity index (χ2v) is 3.53. The fraction of sp³-hybridized carbons (Fsp3) is 0.889. The van der Waals surface area contributed by atoms with Crippen LogP contribution in [0.15, 0.2) is 0 Å². The van der Waals surface area contributed by atoms with E-state index in [1.807, 2.05) is 0 Å². The van der Waals surface area contributed by atoms with E-state index >= 15 is 0 Å². The highest BCUT2D eigenvalue weighted by Crippen LogP contribution is 2.35. The lowest BCUT2D eigenvalue weighted by Crippen LogP contribution is -2.29. The Kier molecular flexibility index (Phi) is 3.22. The van der Waals surface area contributed by atoms with Crippen LogP contribution < -0.4 is 0 Å². The average Bonchev–Trinajstić information content (AvgIpc) is 2.86. The molecule has 1 fully saturated rings. The Bertz CT molecular complexity index is 188.